The number of fused-ring (bicyclic) bond motifs is 1. The number of hydrogen-bond donors (Lipinski definition) is 1. The number of hydrogen-bond acceptors (Lipinski definition) is 3. The molecule has 2 aliphatic heterocycles. The zero-order valence-corrected chi connectivity index (χ0v) is 12.0. The lowest BCUT2D eigenvalue weighted by Gasteiger charge is -2.30. The summed E-state index contributed by atoms with van der Waals surface area (Å²) in [5.41, 5.74) is 2.21. The van der Waals surface area contributed by atoms with Gasteiger partial charge in [-0.15, -0.1) is 0 Å². The largest absolute Gasteiger partial charge is 0.490 e. The van der Waals surface area contributed by atoms with Gasteiger partial charge in [-0.25, -0.2) is 0 Å². The van der Waals surface area contributed by atoms with Crippen molar-refractivity contribution in [1.29, 1.82) is 0 Å². The Morgan fingerprint density at radius 3 is 3.10 bits per heavy atom. The standard InChI is InChI=1S/C16H22N2O2/c1-12(19)18-8-9-20-16-6-5-13(11-15(16)18)10-14-4-2-3-7-17-14/h5-6,11,14,17H,2-4,7-10H2,1H3. The molecule has 0 bridgehead atoms. The first kappa shape index (κ1) is 13.4. The number of rotatable bonds is 2. The van der Waals surface area contributed by atoms with E-state index in [0.29, 0.717) is 19.2 Å². The Morgan fingerprint density at radius 1 is 1.45 bits per heavy atom. The van der Waals surface area contributed by atoms with E-state index in [-0.39, 0.29) is 5.91 Å². The van der Waals surface area contributed by atoms with Crippen LogP contribution in [-0.4, -0.2) is 31.6 Å². The summed E-state index contributed by atoms with van der Waals surface area (Å²) < 4.78 is 5.64. The van der Waals surface area contributed by atoms with Gasteiger partial charge in [0, 0.05) is 13.0 Å². The van der Waals surface area contributed by atoms with E-state index in [9.17, 15) is 4.79 Å². The second-order valence-corrected chi connectivity index (χ2v) is 5.67. The van der Waals surface area contributed by atoms with Gasteiger partial charge in [-0.2, -0.15) is 0 Å². The maximum absolute atomic E-state index is 11.7. The summed E-state index contributed by atoms with van der Waals surface area (Å²) in [4.78, 5) is 13.5. The molecule has 1 amide bonds. The van der Waals surface area contributed by atoms with Crippen LogP contribution in [0, 0.1) is 0 Å². The summed E-state index contributed by atoms with van der Waals surface area (Å²) in [5, 5.41) is 3.57. The molecule has 1 unspecified atom stereocenters. The number of carbonyl (C=O) groups excluding carboxylic acids is 1. The van der Waals surface area contributed by atoms with E-state index in [1.54, 1.807) is 6.92 Å². The molecule has 0 aromatic heterocycles. The fourth-order valence-electron chi connectivity index (χ4n) is 3.10. The van der Waals surface area contributed by atoms with Crippen molar-refractivity contribution in [2.45, 2.75) is 38.6 Å². The van der Waals surface area contributed by atoms with Crippen molar-refractivity contribution in [3.8, 4) is 5.75 Å². The fraction of sp³-hybridized carbons (Fsp3) is 0.562. The normalized spacial score (nSPS) is 22.1. The van der Waals surface area contributed by atoms with Gasteiger partial charge in [0.15, 0.2) is 0 Å². The third-order valence-corrected chi connectivity index (χ3v) is 4.16. The van der Waals surface area contributed by atoms with Crippen molar-refractivity contribution in [2.75, 3.05) is 24.6 Å². The van der Waals surface area contributed by atoms with Gasteiger partial charge in [0.1, 0.15) is 12.4 Å². The van der Waals surface area contributed by atoms with Crippen molar-refractivity contribution in [3.63, 3.8) is 0 Å². The third kappa shape index (κ3) is 2.80. The summed E-state index contributed by atoms with van der Waals surface area (Å²) in [7, 11) is 0. The highest BCUT2D eigenvalue weighted by molar-refractivity contribution is 5.93. The highest BCUT2D eigenvalue weighted by Crippen LogP contribution is 2.33. The van der Waals surface area contributed by atoms with Crippen LogP contribution in [0.1, 0.15) is 31.7 Å². The molecule has 1 saturated heterocycles. The van der Waals surface area contributed by atoms with Crippen LogP contribution >= 0.6 is 0 Å². The Labute approximate surface area is 120 Å². The number of nitrogens with zero attached hydrogens (tertiary/aromatic N) is 1. The zero-order valence-electron chi connectivity index (χ0n) is 12.0. The van der Waals surface area contributed by atoms with Crippen LogP contribution in [0.25, 0.3) is 0 Å². The Bertz CT molecular complexity index is 495. The highest BCUT2D eigenvalue weighted by atomic mass is 16.5. The van der Waals surface area contributed by atoms with Crippen molar-refractivity contribution < 1.29 is 9.53 Å². The van der Waals surface area contributed by atoms with Crippen molar-refractivity contribution in [2.24, 2.45) is 0 Å². The van der Waals surface area contributed by atoms with Gasteiger partial charge in [-0.1, -0.05) is 12.5 Å². The molecule has 4 heteroatoms. The number of nitrogens with one attached hydrogen (secondary N) is 1. The van der Waals surface area contributed by atoms with E-state index in [1.165, 1.54) is 24.8 Å². The number of benzene rings is 1. The molecule has 2 heterocycles. The van der Waals surface area contributed by atoms with Crippen LogP contribution in [0.3, 0.4) is 0 Å². The quantitative estimate of drug-likeness (QED) is 0.898. The number of ether oxygens (including phenoxy) is 1. The Hall–Kier alpha value is -1.55. The zero-order chi connectivity index (χ0) is 13.9. The summed E-state index contributed by atoms with van der Waals surface area (Å²) in [6.45, 7) is 3.96. The minimum Gasteiger partial charge on any atom is -0.490 e. The summed E-state index contributed by atoms with van der Waals surface area (Å²) in [6, 6.07) is 6.81. The first-order chi connectivity index (χ1) is 9.74. The third-order valence-electron chi connectivity index (χ3n) is 4.16. The lowest BCUT2D eigenvalue weighted by Crippen LogP contribution is -2.37. The summed E-state index contributed by atoms with van der Waals surface area (Å²) in [5.74, 6) is 0.911. The Balaban J connectivity index is 1.79. The van der Waals surface area contributed by atoms with Crippen LogP contribution in [0.2, 0.25) is 0 Å². The highest BCUT2D eigenvalue weighted by Gasteiger charge is 2.22. The molecule has 0 spiro atoms. The molecular formula is C16H22N2O2. The molecule has 1 aromatic carbocycles. The molecule has 0 saturated carbocycles. The molecule has 1 fully saturated rings. The average Bonchev–Trinajstić information content (AvgIpc) is 2.47. The Morgan fingerprint density at radius 2 is 2.35 bits per heavy atom. The van der Waals surface area contributed by atoms with Gasteiger partial charge in [-0.05, 0) is 43.5 Å². The number of piperidine rings is 1. The first-order valence-electron chi connectivity index (χ1n) is 7.51. The van der Waals surface area contributed by atoms with E-state index in [2.05, 4.69) is 17.4 Å². The molecule has 0 radical (unpaired) electrons. The first-order valence-corrected chi connectivity index (χ1v) is 7.51. The van der Waals surface area contributed by atoms with Crippen LogP contribution < -0.4 is 15.0 Å². The predicted molar refractivity (Wildman–Crippen MR) is 79.3 cm³/mol. The summed E-state index contributed by atoms with van der Waals surface area (Å²) in [6.07, 6.45) is 4.86. The van der Waals surface area contributed by atoms with Crippen LogP contribution in [0.15, 0.2) is 18.2 Å². The van der Waals surface area contributed by atoms with Crippen molar-refractivity contribution >= 4 is 11.6 Å². The molecule has 1 N–H and O–H groups in total. The number of amides is 1. The minimum absolute atomic E-state index is 0.0856. The molecule has 2 aliphatic rings. The topological polar surface area (TPSA) is 41.6 Å². The number of anilines is 1. The second kappa shape index (κ2) is 5.83. The van der Waals surface area contributed by atoms with E-state index in [1.807, 2.05) is 11.0 Å². The maximum atomic E-state index is 11.7. The number of carbonyl (C=O) groups is 1. The van der Waals surface area contributed by atoms with Gasteiger partial charge < -0.3 is 15.0 Å². The monoisotopic (exact) mass is 274 g/mol. The smallest absolute Gasteiger partial charge is 0.224 e. The van der Waals surface area contributed by atoms with Crippen molar-refractivity contribution in [1.82, 2.24) is 5.32 Å². The fourth-order valence-corrected chi connectivity index (χ4v) is 3.10. The molecule has 1 atom stereocenters. The van der Waals surface area contributed by atoms with Crippen LogP contribution in [0.4, 0.5) is 5.69 Å². The summed E-state index contributed by atoms with van der Waals surface area (Å²) >= 11 is 0. The van der Waals surface area contributed by atoms with E-state index >= 15 is 0 Å². The van der Waals surface area contributed by atoms with Crippen LogP contribution in [0.5, 0.6) is 5.75 Å². The Kier molecular flexibility index (Phi) is 3.92. The van der Waals surface area contributed by atoms with E-state index in [0.717, 1.165) is 24.4 Å². The molecule has 3 rings (SSSR count). The van der Waals surface area contributed by atoms with Gasteiger partial charge >= 0.3 is 0 Å². The van der Waals surface area contributed by atoms with Gasteiger partial charge in [0.25, 0.3) is 0 Å². The molecule has 4 nitrogen and oxygen atoms in total. The maximum Gasteiger partial charge on any atom is 0.224 e. The lowest BCUT2D eigenvalue weighted by molar-refractivity contribution is -0.116. The molecule has 0 aliphatic carbocycles. The molecular weight excluding hydrogens is 252 g/mol. The van der Waals surface area contributed by atoms with Gasteiger partial charge in [0.05, 0.1) is 12.2 Å². The van der Waals surface area contributed by atoms with Crippen molar-refractivity contribution in [3.05, 3.63) is 23.8 Å². The van der Waals surface area contributed by atoms with E-state index in [4.69, 9.17) is 4.74 Å². The van der Waals surface area contributed by atoms with E-state index < -0.39 is 0 Å². The molecule has 108 valence electrons. The lowest BCUT2D eigenvalue weighted by atomic mass is 9.97. The van der Waals surface area contributed by atoms with Gasteiger partial charge in [-0.3, -0.25) is 4.79 Å². The minimum atomic E-state index is 0.0856. The molecule has 20 heavy (non-hydrogen) atoms. The van der Waals surface area contributed by atoms with Gasteiger partial charge in [0.2, 0.25) is 5.91 Å². The van der Waals surface area contributed by atoms with Crippen LogP contribution in [-0.2, 0) is 11.2 Å². The predicted octanol–water partition coefficient (Wildman–Crippen LogP) is 2.12. The second-order valence-electron chi connectivity index (χ2n) is 5.67. The SMILES string of the molecule is CC(=O)N1CCOc2ccc(CC3CCCCN3)cc21. The average molecular weight is 274 g/mol. The molecule has 1 aromatic rings.